The van der Waals surface area contributed by atoms with Crippen molar-refractivity contribution < 1.29 is 0 Å². The first-order valence-electron chi connectivity index (χ1n) is 8.31. The van der Waals surface area contributed by atoms with E-state index < -0.39 is 0 Å². The Kier molecular flexibility index (Phi) is 16.7. The number of rotatable bonds is 16. The number of hydrogen-bond acceptors (Lipinski definition) is 5. The first-order chi connectivity index (χ1) is 9.81. The van der Waals surface area contributed by atoms with Gasteiger partial charge in [0, 0.05) is 0 Å². The largest absolute Gasteiger partial charge is 0.330 e. The van der Waals surface area contributed by atoms with Gasteiger partial charge in [0.15, 0.2) is 0 Å². The van der Waals surface area contributed by atoms with Crippen molar-refractivity contribution in [3.63, 3.8) is 0 Å². The third-order valence-corrected chi connectivity index (χ3v) is 3.40. The Labute approximate surface area is 125 Å². The van der Waals surface area contributed by atoms with E-state index >= 15 is 0 Å². The van der Waals surface area contributed by atoms with Crippen LogP contribution in [-0.2, 0) is 0 Å². The highest BCUT2D eigenvalue weighted by molar-refractivity contribution is 4.57. The van der Waals surface area contributed by atoms with Gasteiger partial charge >= 0.3 is 0 Å². The Balaban J connectivity index is 3.11. The molecule has 0 aromatic rings. The molecule has 0 rings (SSSR count). The van der Waals surface area contributed by atoms with Gasteiger partial charge in [0.1, 0.15) is 0 Å². The first-order valence-corrected chi connectivity index (χ1v) is 8.31. The number of nitrogens with two attached hydrogens (primary N) is 2. The average Bonchev–Trinajstić information content (AvgIpc) is 2.45. The van der Waals surface area contributed by atoms with E-state index in [0.717, 1.165) is 52.1 Å². The molecule has 0 saturated carbocycles. The van der Waals surface area contributed by atoms with Gasteiger partial charge in [-0.1, -0.05) is 0 Å². The fourth-order valence-corrected chi connectivity index (χ4v) is 2.10. The SMILES string of the molecule is CN(CCCNCCCCN)CCCNCCCCN. The van der Waals surface area contributed by atoms with Gasteiger partial charge in [0.2, 0.25) is 0 Å². The van der Waals surface area contributed by atoms with Gasteiger partial charge in [0.25, 0.3) is 0 Å². The van der Waals surface area contributed by atoms with Crippen molar-refractivity contribution in [3.05, 3.63) is 0 Å². The maximum atomic E-state index is 5.46. The quantitative estimate of drug-likeness (QED) is 0.308. The Hall–Kier alpha value is -0.200. The summed E-state index contributed by atoms with van der Waals surface area (Å²) in [6.07, 6.45) is 7.10. The molecule has 20 heavy (non-hydrogen) atoms. The minimum Gasteiger partial charge on any atom is -0.330 e. The van der Waals surface area contributed by atoms with Crippen molar-refractivity contribution in [2.75, 3.05) is 59.4 Å². The highest BCUT2D eigenvalue weighted by atomic mass is 15.1. The van der Waals surface area contributed by atoms with Crippen LogP contribution in [0.5, 0.6) is 0 Å². The molecule has 5 nitrogen and oxygen atoms in total. The zero-order chi connectivity index (χ0) is 14.9. The van der Waals surface area contributed by atoms with Gasteiger partial charge in [-0.2, -0.15) is 0 Å². The molecule has 0 fully saturated rings. The van der Waals surface area contributed by atoms with Gasteiger partial charge in [-0.3, -0.25) is 0 Å². The summed E-state index contributed by atoms with van der Waals surface area (Å²) in [5, 5.41) is 6.93. The number of hydrogen-bond donors (Lipinski definition) is 4. The molecule has 0 saturated heterocycles. The van der Waals surface area contributed by atoms with Crippen molar-refractivity contribution in [1.82, 2.24) is 15.5 Å². The summed E-state index contributed by atoms with van der Waals surface area (Å²) < 4.78 is 0. The van der Waals surface area contributed by atoms with Crippen LogP contribution in [0.2, 0.25) is 0 Å². The van der Waals surface area contributed by atoms with E-state index in [4.69, 9.17) is 11.5 Å². The average molecular weight is 287 g/mol. The summed E-state index contributed by atoms with van der Waals surface area (Å²) >= 11 is 0. The number of nitrogens with one attached hydrogen (secondary N) is 2. The Morgan fingerprint density at radius 1 is 0.650 bits per heavy atom. The van der Waals surface area contributed by atoms with Crippen LogP contribution >= 0.6 is 0 Å². The van der Waals surface area contributed by atoms with Crippen LogP contribution in [0.3, 0.4) is 0 Å². The van der Waals surface area contributed by atoms with E-state index in [0.29, 0.717) is 0 Å². The first kappa shape index (κ1) is 19.8. The summed E-state index contributed by atoms with van der Waals surface area (Å²) in [7, 11) is 2.21. The fourth-order valence-electron chi connectivity index (χ4n) is 2.10. The Morgan fingerprint density at radius 2 is 1.05 bits per heavy atom. The highest BCUT2D eigenvalue weighted by Gasteiger charge is 1.98. The molecular weight excluding hydrogens is 250 g/mol. The van der Waals surface area contributed by atoms with E-state index in [-0.39, 0.29) is 0 Å². The van der Waals surface area contributed by atoms with Crippen LogP contribution in [0.1, 0.15) is 38.5 Å². The second-order valence-electron chi connectivity index (χ2n) is 5.50. The van der Waals surface area contributed by atoms with Crippen molar-refractivity contribution in [1.29, 1.82) is 0 Å². The van der Waals surface area contributed by atoms with Crippen molar-refractivity contribution in [3.8, 4) is 0 Å². The van der Waals surface area contributed by atoms with Crippen LogP contribution < -0.4 is 22.1 Å². The molecule has 0 heterocycles. The molecule has 0 amide bonds. The van der Waals surface area contributed by atoms with Crippen molar-refractivity contribution >= 4 is 0 Å². The molecule has 0 bridgehead atoms. The second kappa shape index (κ2) is 16.9. The number of nitrogens with zero attached hydrogens (tertiary/aromatic N) is 1. The van der Waals surface area contributed by atoms with Gasteiger partial charge in [0.05, 0.1) is 0 Å². The van der Waals surface area contributed by atoms with Gasteiger partial charge in [-0.25, -0.2) is 0 Å². The predicted molar refractivity (Wildman–Crippen MR) is 89.0 cm³/mol. The monoisotopic (exact) mass is 287 g/mol. The lowest BCUT2D eigenvalue weighted by Crippen LogP contribution is -2.28. The molecule has 0 atom stereocenters. The molecular formula is C15H37N5. The van der Waals surface area contributed by atoms with Crippen LogP contribution in [-0.4, -0.2) is 64.3 Å². The molecule has 0 radical (unpaired) electrons. The van der Waals surface area contributed by atoms with E-state index in [1.54, 1.807) is 0 Å². The molecule has 0 aliphatic heterocycles. The molecule has 6 N–H and O–H groups in total. The Bertz CT molecular complexity index is 160. The lowest BCUT2D eigenvalue weighted by atomic mass is 10.3. The molecule has 0 aliphatic rings. The molecule has 122 valence electrons. The summed E-state index contributed by atoms with van der Waals surface area (Å²) in [4.78, 5) is 2.42. The summed E-state index contributed by atoms with van der Waals surface area (Å²) in [6.45, 7) is 8.42. The van der Waals surface area contributed by atoms with Crippen LogP contribution in [0.15, 0.2) is 0 Å². The maximum Gasteiger partial charge on any atom is -0.000968 e. The standard InChI is InChI=1S/C15H37N5/c1-20(14-6-12-18-10-4-2-8-16)15-7-13-19-11-5-3-9-17/h18-19H,2-17H2,1H3. The van der Waals surface area contributed by atoms with E-state index in [9.17, 15) is 0 Å². The smallest absolute Gasteiger partial charge is 0.000968 e. The molecule has 0 spiro atoms. The molecule has 0 aromatic heterocycles. The molecule has 0 unspecified atom stereocenters. The lowest BCUT2D eigenvalue weighted by molar-refractivity contribution is 0.320. The predicted octanol–water partition coefficient (Wildman–Crippen LogP) is 0.355. The molecule has 0 aliphatic carbocycles. The van der Waals surface area contributed by atoms with E-state index in [1.807, 2.05) is 0 Å². The minimum atomic E-state index is 0.810. The fraction of sp³-hybridized carbons (Fsp3) is 1.00. The van der Waals surface area contributed by atoms with E-state index in [2.05, 4.69) is 22.6 Å². The Morgan fingerprint density at radius 3 is 1.45 bits per heavy atom. The minimum absolute atomic E-state index is 0.810. The zero-order valence-electron chi connectivity index (χ0n) is 13.5. The third kappa shape index (κ3) is 15.9. The lowest BCUT2D eigenvalue weighted by Gasteiger charge is -2.16. The molecule has 0 aromatic carbocycles. The van der Waals surface area contributed by atoms with Gasteiger partial charge < -0.3 is 27.0 Å². The van der Waals surface area contributed by atoms with Gasteiger partial charge in [-0.05, 0) is 97.9 Å². The van der Waals surface area contributed by atoms with Crippen LogP contribution in [0, 0.1) is 0 Å². The van der Waals surface area contributed by atoms with Crippen LogP contribution in [0.4, 0.5) is 0 Å². The van der Waals surface area contributed by atoms with Crippen molar-refractivity contribution in [2.24, 2.45) is 11.5 Å². The highest BCUT2D eigenvalue weighted by Crippen LogP contribution is 1.90. The summed E-state index contributed by atoms with van der Waals surface area (Å²) in [5.74, 6) is 0. The zero-order valence-corrected chi connectivity index (χ0v) is 13.5. The summed E-state index contributed by atoms with van der Waals surface area (Å²) in [5.41, 5.74) is 10.9. The molecule has 5 heteroatoms. The maximum absolute atomic E-state index is 5.46. The van der Waals surface area contributed by atoms with E-state index in [1.165, 1.54) is 38.8 Å². The number of unbranched alkanes of at least 4 members (excludes halogenated alkanes) is 2. The normalized spacial score (nSPS) is 11.4. The topological polar surface area (TPSA) is 79.3 Å². The van der Waals surface area contributed by atoms with Crippen molar-refractivity contribution in [2.45, 2.75) is 38.5 Å². The second-order valence-corrected chi connectivity index (χ2v) is 5.50. The van der Waals surface area contributed by atoms with Gasteiger partial charge in [-0.15, -0.1) is 0 Å². The summed E-state index contributed by atoms with van der Waals surface area (Å²) in [6, 6.07) is 0. The third-order valence-electron chi connectivity index (χ3n) is 3.40. The van der Waals surface area contributed by atoms with Crippen LogP contribution in [0.25, 0.3) is 0 Å².